The fourth-order valence-corrected chi connectivity index (χ4v) is 1.21. The van der Waals surface area contributed by atoms with Gasteiger partial charge in [-0.3, -0.25) is 4.79 Å². The van der Waals surface area contributed by atoms with Crippen LogP contribution in [0.15, 0.2) is 11.6 Å². The molecular formula is C11H22N2O. The highest BCUT2D eigenvalue weighted by molar-refractivity contribution is 5.88. The molecule has 3 heteroatoms. The van der Waals surface area contributed by atoms with Crippen molar-refractivity contribution in [2.24, 2.45) is 5.73 Å². The molecule has 0 fully saturated rings. The van der Waals surface area contributed by atoms with Gasteiger partial charge in [0.15, 0.2) is 0 Å². The first-order valence-electron chi connectivity index (χ1n) is 5.25. The van der Waals surface area contributed by atoms with Crippen LogP contribution in [0.5, 0.6) is 0 Å². The van der Waals surface area contributed by atoms with Crippen LogP contribution < -0.4 is 5.73 Å². The van der Waals surface area contributed by atoms with Gasteiger partial charge in [0.1, 0.15) is 0 Å². The first-order valence-corrected chi connectivity index (χ1v) is 5.25. The third-order valence-electron chi connectivity index (χ3n) is 1.99. The van der Waals surface area contributed by atoms with Crippen LogP contribution in [0.4, 0.5) is 0 Å². The maximum atomic E-state index is 11.6. The minimum absolute atomic E-state index is 0.115. The van der Waals surface area contributed by atoms with Gasteiger partial charge in [-0.1, -0.05) is 5.57 Å². The Morgan fingerprint density at radius 2 is 2.00 bits per heavy atom. The predicted octanol–water partition coefficient (Wildman–Crippen LogP) is 1.54. The Bertz CT molecular complexity index is 195. The summed E-state index contributed by atoms with van der Waals surface area (Å²) >= 11 is 0. The number of carbonyl (C=O) groups is 1. The van der Waals surface area contributed by atoms with Gasteiger partial charge in [-0.25, -0.2) is 0 Å². The van der Waals surface area contributed by atoms with Crippen molar-refractivity contribution in [3.8, 4) is 0 Å². The summed E-state index contributed by atoms with van der Waals surface area (Å²) in [5, 5.41) is 0. The third-order valence-corrected chi connectivity index (χ3v) is 1.99. The van der Waals surface area contributed by atoms with Gasteiger partial charge in [0.2, 0.25) is 5.91 Å². The number of unbranched alkanes of at least 4 members (excludes halogenated alkanes) is 1. The quantitative estimate of drug-likeness (QED) is 0.520. The zero-order chi connectivity index (χ0) is 11.0. The van der Waals surface area contributed by atoms with Gasteiger partial charge in [0.25, 0.3) is 0 Å². The minimum atomic E-state index is 0.115. The highest BCUT2D eigenvalue weighted by Gasteiger charge is 2.07. The smallest absolute Gasteiger partial charge is 0.246 e. The molecule has 2 N–H and O–H groups in total. The Morgan fingerprint density at radius 1 is 1.36 bits per heavy atom. The topological polar surface area (TPSA) is 46.3 Å². The van der Waals surface area contributed by atoms with Gasteiger partial charge >= 0.3 is 0 Å². The Morgan fingerprint density at radius 3 is 2.43 bits per heavy atom. The molecule has 0 unspecified atom stereocenters. The van der Waals surface area contributed by atoms with Crippen molar-refractivity contribution in [3.63, 3.8) is 0 Å². The van der Waals surface area contributed by atoms with E-state index in [2.05, 4.69) is 0 Å². The number of nitrogens with zero attached hydrogens (tertiary/aromatic N) is 1. The Labute approximate surface area is 87.0 Å². The standard InChI is InChI=1S/C11H22N2O/c1-4-13(8-6-5-7-12)11(14)9-10(2)3/h9H,4-8,12H2,1-3H3. The van der Waals surface area contributed by atoms with Gasteiger partial charge < -0.3 is 10.6 Å². The summed E-state index contributed by atoms with van der Waals surface area (Å²) in [4.78, 5) is 13.4. The van der Waals surface area contributed by atoms with E-state index in [9.17, 15) is 4.79 Å². The second-order valence-corrected chi connectivity index (χ2v) is 3.64. The second-order valence-electron chi connectivity index (χ2n) is 3.64. The van der Waals surface area contributed by atoms with Gasteiger partial charge in [-0.2, -0.15) is 0 Å². The molecule has 82 valence electrons. The molecule has 0 aromatic carbocycles. The summed E-state index contributed by atoms with van der Waals surface area (Å²) in [5.41, 5.74) is 6.45. The molecule has 0 heterocycles. The summed E-state index contributed by atoms with van der Waals surface area (Å²) in [6, 6.07) is 0. The van der Waals surface area contributed by atoms with Crippen molar-refractivity contribution in [1.29, 1.82) is 0 Å². The molecule has 0 atom stereocenters. The number of nitrogens with two attached hydrogens (primary N) is 1. The molecule has 0 bridgehead atoms. The number of likely N-dealkylation sites (N-methyl/N-ethyl adjacent to an activating group) is 1. The zero-order valence-electron chi connectivity index (χ0n) is 9.55. The van der Waals surface area contributed by atoms with E-state index in [0.29, 0.717) is 6.54 Å². The molecule has 1 amide bonds. The van der Waals surface area contributed by atoms with E-state index >= 15 is 0 Å². The largest absolute Gasteiger partial charge is 0.339 e. The fourth-order valence-electron chi connectivity index (χ4n) is 1.21. The molecule has 0 saturated carbocycles. The highest BCUT2D eigenvalue weighted by Crippen LogP contribution is 1.99. The summed E-state index contributed by atoms with van der Waals surface area (Å²) in [7, 11) is 0. The Balaban J connectivity index is 4.00. The maximum absolute atomic E-state index is 11.6. The maximum Gasteiger partial charge on any atom is 0.246 e. The van der Waals surface area contributed by atoms with Gasteiger partial charge in [0, 0.05) is 19.2 Å². The van der Waals surface area contributed by atoms with Crippen LogP contribution in [0.3, 0.4) is 0 Å². The van der Waals surface area contributed by atoms with Crippen LogP contribution in [0.25, 0.3) is 0 Å². The molecule has 0 aromatic heterocycles. The molecule has 3 nitrogen and oxygen atoms in total. The second kappa shape index (κ2) is 7.56. The normalized spacial score (nSPS) is 9.71. The van der Waals surface area contributed by atoms with Crippen molar-refractivity contribution < 1.29 is 4.79 Å². The zero-order valence-corrected chi connectivity index (χ0v) is 9.55. The molecule has 0 aliphatic rings. The molecule has 0 radical (unpaired) electrons. The van der Waals surface area contributed by atoms with E-state index < -0.39 is 0 Å². The monoisotopic (exact) mass is 198 g/mol. The van der Waals surface area contributed by atoms with Crippen LogP contribution in [0.2, 0.25) is 0 Å². The molecule has 0 aliphatic carbocycles. The number of rotatable bonds is 6. The molecule has 0 aromatic rings. The van der Waals surface area contributed by atoms with Crippen molar-refractivity contribution in [2.75, 3.05) is 19.6 Å². The predicted molar refractivity (Wildman–Crippen MR) is 60.0 cm³/mol. The van der Waals surface area contributed by atoms with E-state index in [1.165, 1.54) is 0 Å². The highest BCUT2D eigenvalue weighted by atomic mass is 16.2. The van der Waals surface area contributed by atoms with Crippen LogP contribution >= 0.6 is 0 Å². The molecular weight excluding hydrogens is 176 g/mol. The lowest BCUT2D eigenvalue weighted by Gasteiger charge is -2.19. The first kappa shape index (κ1) is 13.2. The fraction of sp³-hybridized carbons (Fsp3) is 0.727. The summed E-state index contributed by atoms with van der Waals surface area (Å²) in [6.07, 6.45) is 3.66. The van der Waals surface area contributed by atoms with E-state index in [1.807, 2.05) is 25.7 Å². The van der Waals surface area contributed by atoms with Gasteiger partial charge in [0.05, 0.1) is 0 Å². The van der Waals surface area contributed by atoms with E-state index in [-0.39, 0.29) is 5.91 Å². The lowest BCUT2D eigenvalue weighted by atomic mass is 10.2. The Kier molecular flexibility index (Phi) is 7.11. The molecule has 14 heavy (non-hydrogen) atoms. The average Bonchev–Trinajstić information content (AvgIpc) is 2.11. The van der Waals surface area contributed by atoms with Gasteiger partial charge in [-0.05, 0) is 40.2 Å². The first-order chi connectivity index (χ1) is 6.61. The Hall–Kier alpha value is -0.830. The van der Waals surface area contributed by atoms with E-state index in [0.717, 1.165) is 31.5 Å². The molecule has 0 rings (SSSR count). The van der Waals surface area contributed by atoms with Crippen molar-refractivity contribution in [1.82, 2.24) is 4.90 Å². The summed E-state index contributed by atoms with van der Waals surface area (Å²) < 4.78 is 0. The lowest BCUT2D eigenvalue weighted by molar-refractivity contribution is -0.125. The summed E-state index contributed by atoms with van der Waals surface area (Å²) in [6.45, 7) is 8.16. The van der Waals surface area contributed by atoms with Crippen molar-refractivity contribution in [3.05, 3.63) is 11.6 Å². The number of carbonyl (C=O) groups excluding carboxylic acids is 1. The van der Waals surface area contributed by atoms with Gasteiger partial charge in [-0.15, -0.1) is 0 Å². The number of allylic oxidation sites excluding steroid dienone is 1. The van der Waals surface area contributed by atoms with Crippen molar-refractivity contribution in [2.45, 2.75) is 33.6 Å². The number of amides is 1. The molecule has 0 saturated heterocycles. The van der Waals surface area contributed by atoms with E-state index in [4.69, 9.17) is 5.73 Å². The minimum Gasteiger partial charge on any atom is -0.339 e. The average molecular weight is 198 g/mol. The van der Waals surface area contributed by atoms with Crippen molar-refractivity contribution >= 4 is 5.91 Å². The van der Waals surface area contributed by atoms with E-state index in [1.54, 1.807) is 6.08 Å². The van der Waals surface area contributed by atoms with Crippen LogP contribution in [-0.4, -0.2) is 30.4 Å². The number of hydrogen-bond acceptors (Lipinski definition) is 2. The SMILES string of the molecule is CCN(CCCCN)C(=O)C=C(C)C. The number of hydrogen-bond donors (Lipinski definition) is 1. The van der Waals surface area contributed by atoms with Crippen LogP contribution in [0, 0.1) is 0 Å². The lowest BCUT2D eigenvalue weighted by Crippen LogP contribution is -2.30. The van der Waals surface area contributed by atoms with Crippen LogP contribution in [0.1, 0.15) is 33.6 Å². The molecule has 0 spiro atoms. The van der Waals surface area contributed by atoms with Crippen LogP contribution in [-0.2, 0) is 4.79 Å². The summed E-state index contributed by atoms with van der Waals surface area (Å²) in [5.74, 6) is 0.115. The third kappa shape index (κ3) is 5.75. The molecule has 0 aliphatic heterocycles.